The largest absolute Gasteiger partial charge is 0.508 e. The summed E-state index contributed by atoms with van der Waals surface area (Å²) in [6.07, 6.45) is 0.339. The van der Waals surface area contributed by atoms with Crippen molar-refractivity contribution in [2.45, 2.75) is 19.8 Å². The lowest BCUT2D eigenvalue weighted by Gasteiger charge is -2.10. The standard InChI is InChI=1S/C12H14O4/c1-8(13)6-10(12(15)16)7-9-2-4-11(14)5-3-9/h2-5,10,14H,6-7H2,1H3,(H,15,16)/t10-/m0/s1. The lowest BCUT2D eigenvalue weighted by molar-refractivity contribution is -0.143. The SMILES string of the molecule is CC(=O)C[C@@H](Cc1ccc(O)cc1)C(=O)O. The van der Waals surface area contributed by atoms with Crippen molar-refractivity contribution in [3.05, 3.63) is 29.8 Å². The van der Waals surface area contributed by atoms with E-state index >= 15 is 0 Å². The number of Topliss-reactive ketones (excluding diaryl/α,β-unsaturated/α-hetero) is 1. The van der Waals surface area contributed by atoms with Crippen LogP contribution in [0.25, 0.3) is 0 Å². The minimum Gasteiger partial charge on any atom is -0.508 e. The van der Waals surface area contributed by atoms with Crippen LogP contribution in [-0.4, -0.2) is 22.0 Å². The molecule has 0 amide bonds. The Morgan fingerprint density at radius 3 is 2.25 bits per heavy atom. The van der Waals surface area contributed by atoms with Gasteiger partial charge in [-0.3, -0.25) is 4.79 Å². The summed E-state index contributed by atoms with van der Waals surface area (Å²) in [4.78, 5) is 21.8. The highest BCUT2D eigenvalue weighted by molar-refractivity contribution is 5.82. The number of phenols is 1. The Morgan fingerprint density at radius 2 is 1.81 bits per heavy atom. The summed E-state index contributed by atoms with van der Waals surface area (Å²) < 4.78 is 0. The fraction of sp³-hybridized carbons (Fsp3) is 0.333. The van der Waals surface area contributed by atoms with E-state index in [-0.39, 0.29) is 18.0 Å². The highest BCUT2D eigenvalue weighted by Gasteiger charge is 2.19. The van der Waals surface area contributed by atoms with Gasteiger partial charge in [-0.15, -0.1) is 0 Å². The van der Waals surface area contributed by atoms with E-state index in [4.69, 9.17) is 10.2 Å². The zero-order valence-electron chi connectivity index (χ0n) is 9.01. The molecule has 0 aromatic heterocycles. The first-order valence-electron chi connectivity index (χ1n) is 4.99. The van der Waals surface area contributed by atoms with E-state index < -0.39 is 11.9 Å². The number of carbonyl (C=O) groups excluding carboxylic acids is 1. The average Bonchev–Trinajstić information content (AvgIpc) is 2.19. The molecule has 0 heterocycles. The third-order valence-corrected chi connectivity index (χ3v) is 2.30. The number of carboxylic acids is 1. The van der Waals surface area contributed by atoms with Crippen molar-refractivity contribution in [2.75, 3.05) is 0 Å². The average molecular weight is 222 g/mol. The van der Waals surface area contributed by atoms with Gasteiger partial charge in [-0.25, -0.2) is 0 Å². The molecule has 1 atom stereocenters. The van der Waals surface area contributed by atoms with E-state index in [1.54, 1.807) is 12.1 Å². The fourth-order valence-corrected chi connectivity index (χ4v) is 1.51. The van der Waals surface area contributed by atoms with Crippen LogP contribution in [0.2, 0.25) is 0 Å². The molecule has 0 saturated heterocycles. The van der Waals surface area contributed by atoms with Crippen molar-refractivity contribution in [3.8, 4) is 5.75 Å². The second-order valence-electron chi connectivity index (χ2n) is 3.81. The molecule has 16 heavy (non-hydrogen) atoms. The third kappa shape index (κ3) is 3.73. The molecule has 0 spiro atoms. The Labute approximate surface area is 93.5 Å². The van der Waals surface area contributed by atoms with Gasteiger partial charge in [0.2, 0.25) is 0 Å². The van der Waals surface area contributed by atoms with E-state index in [1.807, 2.05) is 0 Å². The van der Waals surface area contributed by atoms with Crippen LogP contribution >= 0.6 is 0 Å². The highest BCUT2D eigenvalue weighted by atomic mass is 16.4. The van der Waals surface area contributed by atoms with Crippen LogP contribution < -0.4 is 0 Å². The van der Waals surface area contributed by atoms with Gasteiger partial charge in [-0.2, -0.15) is 0 Å². The van der Waals surface area contributed by atoms with E-state index in [2.05, 4.69) is 0 Å². The lowest BCUT2D eigenvalue weighted by atomic mass is 9.95. The molecule has 0 aliphatic rings. The quantitative estimate of drug-likeness (QED) is 0.793. The number of aromatic hydroxyl groups is 1. The lowest BCUT2D eigenvalue weighted by Crippen LogP contribution is -2.19. The highest BCUT2D eigenvalue weighted by Crippen LogP contribution is 2.16. The van der Waals surface area contributed by atoms with Crippen LogP contribution in [0.4, 0.5) is 0 Å². The zero-order chi connectivity index (χ0) is 12.1. The van der Waals surface area contributed by atoms with Gasteiger partial charge in [-0.1, -0.05) is 12.1 Å². The zero-order valence-corrected chi connectivity index (χ0v) is 9.01. The molecule has 0 radical (unpaired) electrons. The van der Waals surface area contributed by atoms with Gasteiger partial charge in [0.05, 0.1) is 5.92 Å². The molecular formula is C12H14O4. The number of carbonyl (C=O) groups is 2. The Morgan fingerprint density at radius 1 is 1.25 bits per heavy atom. The molecular weight excluding hydrogens is 208 g/mol. The molecule has 0 aliphatic carbocycles. The number of hydrogen-bond acceptors (Lipinski definition) is 3. The molecule has 1 aromatic carbocycles. The molecule has 2 N–H and O–H groups in total. The monoisotopic (exact) mass is 222 g/mol. The second kappa shape index (κ2) is 5.30. The van der Waals surface area contributed by atoms with Crippen molar-refractivity contribution < 1.29 is 19.8 Å². The van der Waals surface area contributed by atoms with Gasteiger partial charge in [0.15, 0.2) is 0 Å². The predicted octanol–water partition coefficient (Wildman–Crippen LogP) is 1.61. The Kier molecular flexibility index (Phi) is 4.05. The van der Waals surface area contributed by atoms with E-state index in [1.165, 1.54) is 19.1 Å². The van der Waals surface area contributed by atoms with Gasteiger partial charge < -0.3 is 15.0 Å². The van der Waals surface area contributed by atoms with Crippen molar-refractivity contribution >= 4 is 11.8 Å². The molecule has 0 saturated carbocycles. The molecule has 0 aliphatic heterocycles. The van der Waals surface area contributed by atoms with Crippen molar-refractivity contribution in [1.82, 2.24) is 0 Å². The maximum atomic E-state index is 10.9. The smallest absolute Gasteiger partial charge is 0.307 e. The Bertz CT molecular complexity index is 381. The number of hydrogen-bond donors (Lipinski definition) is 2. The molecule has 0 fully saturated rings. The molecule has 1 rings (SSSR count). The van der Waals surface area contributed by atoms with Crippen LogP contribution in [0, 0.1) is 5.92 Å². The van der Waals surface area contributed by atoms with Gasteiger partial charge >= 0.3 is 5.97 Å². The first-order valence-corrected chi connectivity index (χ1v) is 4.99. The van der Waals surface area contributed by atoms with Crippen LogP contribution in [0.5, 0.6) is 5.75 Å². The van der Waals surface area contributed by atoms with Crippen molar-refractivity contribution in [1.29, 1.82) is 0 Å². The summed E-state index contributed by atoms with van der Waals surface area (Å²) in [5.41, 5.74) is 0.798. The third-order valence-electron chi connectivity index (χ3n) is 2.30. The van der Waals surface area contributed by atoms with Gasteiger partial charge in [0.1, 0.15) is 11.5 Å². The van der Waals surface area contributed by atoms with Crippen LogP contribution in [0.1, 0.15) is 18.9 Å². The normalized spacial score (nSPS) is 12.1. The number of aliphatic carboxylic acids is 1. The number of carboxylic acid groups (broad SMARTS) is 1. The fourth-order valence-electron chi connectivity index (χ4n) is 1.51. The van der Waals surface area contributed by atoms with Crippen molar-refractivity contribution in [2.24, 2.45) is 5.92 Å². The van der Waals surface area contributed by atoms with Crippen LogP contribution in [0.3, 0.4) is 0 Å². The predicted molar refractivity (Wildman–Crippen MR) is 58.2 cm³/mol. The number of ketones is 1. The molecule has 4 nitrogen and oxygen atoms in total. The Balaban J connectivity index is 2.71. The second-order valence-corrected chi connectivity index (χ2v) is 3.81. The molecule has 4 heteroatoms. The van der Waals surface area contributed by atoms with E-state index in [0.717, 1.165) is 5.56 Å². The first kappa shape index (κ1) is 12.2. The molecule has 0 bridgehead atoms. The topological polar surface area (TPSA) is 74.6 Å². The number of benzene rings is 1. The molecule has 86 valence electrons. The first-order chi connectivity index (χ1) is 7.49. The summed E-state index contributed by atoms with van der Waals surface area (Å²) in [5, 5.41) is 18.0. The summed E-state index contributed by atoms with van der Waals surface area (Å²) in [6.45, 7) is 1.38. The maximum absolute atomic E-state index is 10.9. The van der Waals surface area contributed by atoms with Gasteiger partial charge in [0.25, 0.3) is 0 Å². The van der Waals surface area contributed by atoms with Crippen LogP contribution in [-0.2, 0) is 16.0 Å². The minimum atomic E-state index is -0.969. The molecule has 0 unspecified atom stereocenters. The summed E-state index contributed by atoms with van der Waals surface area (Å²) >= 11 is 0. The summed E-state index contributed by atoms with van der Waals surface area (Å²) in [5.74, 6) is -1.65. The Hall–Kier alpha value is -1.84. The van der Waals surface area contributed by atoms with Gasteiger partial charge in [0, 0.05) is 6.42 Å². The maximum Gasteiger partial charge on any atom is 0.307 e. The molecule has 1 aromatic rings. The summed E-state index contributed by atoms with van der Waals surface area (Å²) in [6, 6.07) is 6.32. The van der Waals surface area contributed by atoms with Crippen molar-refractivity contribution in [3.63, 3.8) is 0 Å². The van der Waals surface area contributed by atoms with Gasteiger partial charge in [-0.05, 0) is 31.0 Å². The summed E-state index contributed by atoms with van der Waals surface area (Å²) in [7, 11) is 0. The minimum absolute atomic E-state index is 0.0379. The van der Waals surface area contributed by atoms with Crippen LogP contribution in [0.15, 0.2) is 24.3 Å². The number of rotatable bonds is 5. The van der Waals surface area contributed by atoms with E-state index in [9.17, 15) is 9.59 Å². The number of phenolic OH excluding ortho intramolecular Hbond substituents is 1. The van der Waals surface area contributed by atoms with E-state index in [0.29, 0.717) is 6.42 Å².